The van der Waals surface area contributed by atoms with Gasteiger partial charge in [0.25, 0.3) is 5.91 Å². The first-order valence-corrected chi connectivity index (χ1v) is 8.40. The Labute approximate surface area is 142 Å². The predicted molar refractivity (Wildman–Crippen MR) is 88.9 cm³/mol. The standard InChI is InChI=1S/C16H15ClN2O3S/c1-8-13(14(20)19-12-6-10(7-12)16(21)22)23-15(18-8)9-2-4-11(17)5-3-9/h2-5,10,12H,6-7H2,1H3,(H,19,20)(H,21,22). The number of benzene rings is 1. The number of carboxylic acids is 1. The zero-order chi connectivity index (χ0) is 16.6. The quantitative estimate of drug-likeness (QED) is 0.886. The summed E-state index contributed by atoms with van der Waals surface area (Å²) in [4.78, 5) is 28.1. The van der Waals surface area contributed by atoms with Crippen molar-refractivity contribution >= 4 is 34.8 Å². The van der Waals surface area contributed by atoms with Crippen LogP contribution in [-0.4, -0.2) is 28.0 Å². The SMILES string of the molecule is Cc1nc(-c2ccc(Cl)cc2)sc1C(=O)NC1CC(C(=O)O)C1. The van der Waals surface area contributed by atoms with Gasteiger partial charge < -0.3 is 10.4 Å². The summed E-state index contributed by atoms with van der Waals surface area (Å²) in [5.74, 6) is -1.32. The Morgan fingerprint density at radius 3 is 2.57 bits per heavy atom. The maximum atomic E-state index is 12.3. The van der Waals surface area contributed by atoms with Gasteiger partial charge in [0, 0.05) is 16.6 Å². The summed E-state index contributed by atoms with van der Waals surface area (Å²) in [6.07, 6.45) is 0.978. The molecule has 0 aliphatic heterocycles. The summed E-state index contributed by atoms with van der Waals surface area (Å²) in [7, 11) is 0. The first kappa shape index (κ1) is 16.0. The Hall–Kier alpha value is -1.92. The summed E-state index contributed by atoms with van der Waals surface area (Å²) in [6.45, 7) is 1.80. The number of aryl methyl sites for hydroxylation is 1. The number of aromatic nitrogens is 1. The highest BCUT2D eigenvalue weighted by atomic mass is 35.5. The Morgan fingerprint density at radius 1 is 1.30 bits per heavy atom. The van der Waals surface area contributed by atoms with Crippen LogP contribution in [-0.2, 0) is 4.79 Å². The van der Waals surface area contributed by atoms with Gasteiger partial charge in [-0.3, -0.25) is 9.59 Å². The summed E-state index contributed by atoms with van der Waals surface area (Å²) in [5.41, 5.74) is 1.59. The molecule has 1 aromatic carbocycles. The molecule has 0 saturated heterocycles. The van der Waals surface area contributed by atoms with Gasteiger partial charge in [-0.1, -0.05) is 23.7 Å². The van der Waals surface area contributed by atoms with Crippen LogP contribution in [0.2, 0.25) is 5.02 Å². The highest BCUT2D eigenvalue weighted by Gasteiger charge is 2.35. The van der Waals surface area contributed by atoms with Gasteiger partial charge in [-0.05, 0) is 31.9 Å². The van der Waals surface area contributed by atoms with E-state index < -0.39 is 5.97 Å². The Bertz CT molecular complexity index is 751. The minimum absolute atomic E-state index is 0.0657. The molecule has 0 unspecified atom stereocenters. The Kier molecular flexibility index (Phi) is 4.37. The summed E-state index contributed by atoms with van der Waals surface area (Å²) < 4.78 is 0. The average molecular weight is 351 g/mol. The highest BCUT2D eigenvalue weighted by Crippen LogP contribution is 2.31. The lowest BCUT2D eigenvalue weighted by molar-refractivity contribution is -0.145. The van der Waals surface area contributed by atoms with Crippen molar-refractivity contribution in [1.82, 2.24) is 10.3 Å². The number of carbonyl (C=O) groups is 2. The molecule has 1 heterocycles. The zero-order valence-corrected chi connectivity index (χ0v) is 13.9. The lowest BCUT2D eigenvalue weighted by atomic mass is 9.80. The number of hydrogen-bond donors (Lipinski definition) is 2. The smallest absolute Gasteiger partial charge is 0.306 e. The van der Waals surface area contributed by atoms with Crippen LogP contribution in [0.25, 0.3) is 10.6 Å². The van der Waals surface area contributed by atoms with E-state index in [2.05, 4.69) is 10.3 Å². The van der Waals surface area contributed by atoms with Gasteiger partial charge in [-0.15, -0.1) is 11.3 Å². The van der Waals surface area contributed by atoms with Crippen molar-refractivity contribution in [3.8, 4) is 10.6 Å². The van der Waals surface area contributed by atoms with Crippen molar-refractivity contribution < 1.29 is 14.7 Å². The monoisotopic (exact) mass is 350 g/mol. The van der Waals surface area contributed by atoms with Crippen molar-refractivity contribution in [1.29, 1.82) is 0 Å². The van der Waals surface area contributed by atoms with Gasteiger partial charge in [-0.2, -0.15) is 0 Å². The fraction of sp³-hybridized carbons (Fsp3) is 0.312. The molecule has 5 nitrogen and oxygen atoms in total. The number of carboxylic acid groups (broad SMARTS) is 1. The summed E-state index contributed by atoms with van der Waals surface area (Å²) >= 11 is 7.20. The molecule has 0 radical (unpaired) electrons. The Balaban J connectivity index is 1.70. The van der Waals surface area contributed by atoms with Crippen LogP contribution >= 0.6 is 22.9 Å². The number of thiazole rings is 1. The third-order valence-corrected chi connectivity index (χ3v) is 5.37. The molecule has 3 rings (SSSR count). The molecule has 1 aliphatic carbocycles. The zero-order valence-electron chi connectivity index (χ0n) is 12.4. The van der Waals surface area contributed by atoms with Gasteiger partial charge in [0.1, 0.15) is 9.88 Å². The second-order valence-corrected chi connectivity index (χ2v) is 7.05. The second kappa shape index (κ2) is 6.29. The highest BCUT2D eigenvalue weighted by molar-refractivity contribution is 7.17. The fourth-order valence-corrected chi connectivity index (χ4v) is 3.61. The van der Waals surface area contributed by atoms with Gasteiger partial charge >= 0.3 is 5.97 Å². The van der Waals surface area contributed by atoms with Crippen LogP contribution in [0.5, 0.6) is 0 Å². The van der Waals surface area contributed by atoms with E-state index in [0.717, 1.165) is 10.6 Å². The molecule has 1 fully saturated rings. The molecule has 0 bridgehead atoms. The first-order chi connectivity index (χ1) is 10.9. The second-order valence-electron chi connectivity index (χ2n) is 5.62. The maximum absolute atomic E-state index is 12.3. The molecule has 0 spiro atoms. The van der Waals surface area contributed by atoms with Crippen molar-refractivity contribution in [3.63, 3.8) is 0 Å². The number of rotatable bonds is 4. The van der Waals surface area contributed by atoms with E-state index in [4.69, 9.17) is 16.7 Å². The Morgan fingerprint density at radius 2 is 1.96 bits per heavy atom. The summed E-state index contributed by atoms with van der Waals surface area (Å²) in [5, 5.41) is 13.2. The van der Waals surface area contributed by atoms with Gasteiger partial charge in [0.2, 0.25) is 0 Å². The number of nitrogens with zero attached hydrogens (tertiary/aromatic N) is 1. The molecule has 1 saturated carbocycles. The number of amides is 1. The maximum Gasteiger partial charge on any atom is 0.306 e. The normalized spacial score (nSPS) is 19.9. The molecule has 2 aromatic rings. The van der Waals surface area contributed by atoms with Crippen molar-refractivity contribution in [2.75, 3.05) is 0 Å². The lowest BCUT2D eigenvalue weighted by Gasteiger charge is -2.32. The predicted octanol–water partition coefficient (Wildman–Crippen LogP) is 3.36. The molecule has 120 valence electrons. The van der Waals surface area contributed by atoms with Gasteiger partial charge in [0.05, 0.1) is 11.6 Å². The average Bonchev–Trinajstić information content (AvgIpc) is 2.84. The van der Waals surface area contributed by atoms with E-state index >= 15 is 0 Å². The van der Waals surface area contributed by atoms with Crippen LogP contribution in [0.15, 0.2) is 24.3 Å². The number of halogens is 1. The molecular formula is C16H15ClN2O3S. The molecular weight excluding hydrogens is 336 g/mol. The molecule has 0 atom stereocenters. The molecule has 23 heavy (non-hydrogen) atoms. The van der Waals surface area contributed by atoms with Crippen LogP contribution in [0.1, 0.15) is 28.2 Å². The molecule has 1 aromatic heterocycles. The van der Waals surface area contributed by atoms with Crippen molar-refractivity contribution in [2.45, 2.75) is 25.8 Å². The van der Waals surface area contributed by atoms with E-state index in [1.54, 1.807) is 19.1 Å². The molecule has 7 heteroatoms. The molecule has 1 aliphatic rings. The topological polar surface area (TPSA) is 79.3 Å². The third kappa shape index (κ3) is 3.38. The number of aliphatic carboxylic acids is 1. The van der Waals surface area contributed by atoms with E-state index in [1.165, 1.54) is 11.3 Å². The lowest BCUT2D eigenvalue weighted by Crippen LogP contribution is -2.46. The van der Waals surface area contributed by atoms with E-state index in [0.29, 0.717) is 28.4 Å². The van der Waals surface area contributed by atoms with Crippen LogP contribution in [0, 0.1) is 12.8 Å². The number of carbonyl (C=O) groups excluding carboxylic acids is 1. The fourth-order valence-electron chi connectivity index (χ4n) is 2.51. The third-order valence-electron chi connectivity index (χ3n) is 3.92. The van der Waals surface area contributed by atoms with Crippen molar-refractivity contribution in [2.24, 2.45) is 5.92 Å². The first-order valence-electron chi connectivity index (χ1n) is 7.21. The summed E-state index contributed by atoms with van der Waals surface area (Å²) in [6, 6.07) is 7.24. The largest absolute Gasteiger partial charge is 0.481 e. The van der Waals surface area contributed by atoms with Crippen LogP contribution in [0.4, 0.5) is 0 Å². The van der Waals surface area contributed by atoms with E-state index in [1.807, 2.05) is 12.1 Å². The number of nitrogens with one attached hydrogen (secondary N) is 1. The van der Waals surface area contributed by atoms with Gasteiger partial charge in [0.15, 0.2) is 0 Å². The molecule has 1 amide bonds. The number of hydrogen-bond acceptors (Lipinski definition) is 4. The van der Waals surface area contributed by atoms with Gasteiger partial charge in [-0.25, -0.2) is 4.98 Å². The van der Waals surface area contributed by atoms with Crippen molar-refractivity contribution in [3.05, 3.63) is 39.9 Å². The van der Waals surface area contributed by atoms with E-state index in [9.17, 15) is 9.59 Å². The van der Waals surface area contributed by atoms with Crippen LogP contribution in [0.3, 0.4) is 0 Å². The minimum atomic E-state index is -0.797. The van der Waals surface area contributed by atoms with Crippen LogP contribution < -0.4 is 5.32 Å². The molecule has 2 N–H and O–H groups in total. The van der Waals surface area contributed by atoms with E-state index in [-0.39, 0.29) is 17.9 Å². The minimum Gasteiger partial charge on any atom is -0.481 e.